The first kappa shape index (κ1) is 18.7. The molecule has 0 unspecified atom stereocenters. The number of hydrogen-bond acceptors (Lipinski definition) is 2. The molecule has 2 heteroatoms. The van der Waals surface area contributed by atoms with Gasteiger partial charge in [0.1, 0.15) is 0 Å². The summed E-state index contributed by atoms with van der Waals surface area (Å²) in [5.74, 6) is 0.0538. The van der Waals surface area contributed by atoms with Crippen LogP contribution in [0.1, 0.15) is 40.9 Å². The number of ketones is 1. The van der Waals surface area contributed by atoms with Gasteiger partial charge in [-0.25, -0.2) is 0 Å². The summed E-state index contributed by atoms with van der Waals surface area (Å²) in [6, 6.07) is 25.7. The zero-order valence-corrected chi connectivity index (χ0v) is 15.9. The first-order chi connectivity index (χ1) is 13.2. The van der Waals surface area contributed by atoms with Gasteiger partial charge in [-0.05, 0) is 37.1 Å². The Balaban J connectivity index is 1.68. The van der Waals surface area contributed by atoms with Crippen molar-refractivity contribution in [2.24, 2.45) is 0 Å². The van der Waals surface area contributed by atoms with Gasteiger partial charge in [0.2, 0.25) is 0 Å². The van der Waals surface area contributed by atoms with Crippen LogP contribution in [0.4, 0.5) is 5.69 Å². The van der Waals surface area contributed by atoms with Crippen molar-refractivity contribution in [1.29, 1.82) is 0 Å². The lowest BCUT2D eigenvalue weighted by molar-refractivity contribution is 0.103. The molecular weight excluding hydrogens is 330 g/mol. The maximum absolute atomic E-state index is 12.5. The van der Waals surface area contributed by atoms with E-state index in [1.165, 1.54) is 5.69 Å². The van der Waals surface area contributed by atoms with Crippen LogP contribution in [0.15, 0.2) is 78.9 Å². The molecule has 3 rings (SSSR count). The van der Waals surface area contributed by atoms with E-state index in [2.05, 4.69) is 55.2 Å². The SMILES string of the molecule is CCN(CC)c1ccc(/C=C/c2ccc(C(=O)c3ccccc3)cc2)cc1. The highest BCUT2D eigenvalue weighted by atomic mass is 16.1. The van der Waals surface area contributed by atoms with E-state index in [-0.39, 0.29) is 5.78 Å². The van der Waals surface area contributed by atoms with Crippen LogP contribution in [0.5, 0.6) is 0 Å². The van der Waals surface area contributed by atoms with E-state index < -0.39 is 0 Å². The van der Waals surface area contributed by atoms with Crippen molar-refractivity contribution in [3.8, 4) is 0 Å². The Morgan fingerprint density at radius 1 is 0.704 bits per heavy atom. The third-order valence-electron chi connectivity index (χ3n) is 4.70. The Morgan fingerprint density at radius 3 is 1.70 bits per heavy atom. The zero-order chi connectivity index (χ0) is 19.1. The lowest BCUT2D eigenvalue weighted by Crippen LogP contribution is -2.21. The summed E-state index contributed by atoms with van der Waals surface area (Å²) in [4.78, 5) is 14.8. The molecular formula is C25H25NO. The Bertz CT molecular complexity index is 889. The molecule has 0 fully saturated rings. The van der Waals surface area contributed by atoms with Gasteiger partial charge in [-0.15, -0.1) is 0 Å². The van der Waals surface area contributed by atoms with Gasteiger partial charge in [-0.1, -0.05) is 78.9 Å². The molecule has 0 atom stereocenters. The molecule has 0 saturated heterocycles. The molecule has 3 aromatic rings. The van der Waals surface area contributed by atoms with Gasteiger partial charge in [0.15, 0.2) is 5.78 Å². The number of benzene rings is 3. The quantitative estimate of drug-likeness (QED) is 0.386. The van der Waals surface area contributed by atoms with Crippen molar-refractivity contribution in [3.05, 3.63) is 101 Å². The van der Waals surface area contributed by atoms with Gasteiger partial charge in [0.05, 0.1) is 0 Å². The molecule has 0 saturated carbocycles. The molecule has 27 heavy (non-hydrogen) atoms. The number of carbonyl (C=O) groups is 1. The lowest BCUT2D eigenvalue weighted by atomic mass is 10.0. The van der Waals surface area contributed by atoms with E-state index >= 15 is 0 Å². The summed E-state index contributed by atoms with van der Waals surface area (Å²) in [7, 11) is 0. The number of hydrogen-bond donors (Lipinski definition) is 0. The standard InChI is InChI=1S/C25H25NO/c1-3-26(4-2)24-18-14-21(15-19-24)11-10-20-12-16-23(17-13-20)25(27)22-8-6-5-7-9-22/h5-19H,3-4H2,1-2H3/b11-10+. The average molecular weight is 355 g/mol. The van der Waals surface area contributed by atoms with Gasteiger partial charge in [0.25, 0.3) is 0 Å². The summed E-state index contributed by atoms with van der Waals surface area (Å²) in [5, 5.41) is 0. The van der Waals surface area contributed by atoms with Crippen molar-refractivity contribution in [2.45, 2.75) is 13.8 Å². The third kappa shape index (κ3) is 4.73. The third-order valence-corrected chi connectivity index (χ3v) is 4.70. The average Bonchev–Trinajstić information content (AvgIpc) is 2.74. The number of anilines is 1. The van der Waals surface area contributed by atoms with Gasteiger partial charge < -0.3 is 4.90 Å². The van der Waals surface area contributed by atoms with Crippen LogP contribution in [0.3, 0.4) is 0 Å². The van der Waals surface area contributed by atoms with Crippen LogP contribution in [0, 0.1) is 0 Å². The van der Waals surface area contributed by atoms with Gasteiger partial charge in [-0.3, -0.25) is 4.79 Å². The predicted octanol–water partition coefficient (Wildman–Crippen LogP) is 5.93. The Labute approximate surface area is 161 Å². The maximum Gasteiger partial charge on any atom is 0.193 e. The molecule has 0 aliphatic rings. The normalized spacial score (nSPS) is 10.9. The van der Waals surface area contributed by atoms with Crippen LogP contribution in [-0.2, 0) is 0 Å². The molecule has 3 aromatic carbocycles. The summed E-state index contributed by atoms with van der Waals surface area (Å²) in [6.45, 7) is 6.37. The largest absolute Gasteiger partial charge is 0.372 e. The maximum atomic E-state index is 12.5. The molecule has 0 amide bonds. The van der Waals surface area contributed by atoms with Crippen LogP contribution in [0.25, 0.3) is 12.2 Å². The number of rotatable bonds is 7. The molecule has 0 aliphatic carbocycles. The van der Waals surface area contributed by atoms with Gasteiger partial charge in [-0.2, -0.15) is 0 Å². The van der Waals surface area contributed by atoms with E-state index in [0.29, 0.717) is 11.1 Å². The van der Waals surface area contributed by atoms with E-state index in [1.54, 1.807) is 0 Å². The first-order valence-electron chi connectivity index (χ1n) is 9.44. The number of carbonyl (C=O) groups excluding carboxylic acids is 1. The molecule has 0 spiro atoms. The van der Waals surface area contributed by atoms with Crippen molar-refractivity contribution < 1.29 is 4.79 Å². The molecule has 0 heterocycles. The molecule has 2 nitrogen and oxygen atoms in total. The molecule has 0 radical (unpaired) electrons. The second-order valence-electron chi connectivity index (χ2n) is 6.41. The Kier molecular flexibility index (Phi) is 6.22. The molecule has 0 bridgehead atoms. The van der Waals surface area contributed by atoms with Crippen molar-refractivity contribution >= 4 is 23.6 Å². The monoisotopic (exact) mass is 355 g/mol. The van der Waals surface area contributed by atoms with E-state index in [1.807, 2.05) is 54.6 Å². The minimum absolute atomic E-state index is 0.0538. The van der Waals surface area contributed by atoms with Gasteiger partial charge in [0, 0.05) is 29.9 Å². The van der Waals surface area contributed by atoms with Crippen LogP contribution < -0.4 is 4.90 Å². The van der Waals surface area contributed by atoms with Crippen molar-refractivity contribution in [3.63, 3.8) is 0 Å². The first-order valence-corrected chi connectivity index (χ1v) is 9.44. The minimum atomic E-state index is 0.0538. The minimum Gasteiger partial charge on any atom is -0.372 e. The van der Waals surface area contributed by atoms with Crippen molar-refractivity contribution in [1.82, 2.24) is 0 Å². The molecule has 0 aliphatic heterocycles. The highest BCUT2D eigenvalue weighted by Gasteiger charge is 2.07. The Hall–Kier alpha value is -3.13. The summed E-state index contributed by atoms with van der Waals surface area (Å²) < 4.78 is 0. The highest BCUT2D eigenvalue weighted by Crippen LogP contribution is 2.17. The lowest BCUT2D eigenvalue weighted by Gasteiger charge is -2.20. The highest BCUT2D eigenvalue weighted by molar-refractivity contribution is 6.09. The predicted molar refractivity (Wildman–Crippen MR) is 115 cm³/mol. The summed E-state index contributed by atoms with van der Waals surface area (Å²) in [5.41, 5.74) is 4.92. The zero-order valence-electron chi connectivity index (χ0n) is 15.9. The molecule has 0 N–H and O–H groups in total. The second kappa shape index (κ2) is 9.00. The van der Waals surface area contributed by atoms with Gasteiger partial charge >= 0.3 is 0 Å². The van der Waals surface area contributed by atoms with E-state index in [9.17, 15) is 4.79 Å². The second-order valence-corrected chi connectivity index (χ2v) is 6.41. The van der Waals surface area contributed by atoms with Crippen LogP contribution >= 0.6 is 0 Å². The van der Waals surface area contributed by atoms with Crippen LogP contribution in [-0.4, -0.2) is 18.9 Å². The Morgan fingerprint density at radius 2 is 1.19 bits per heavy atom. The van der Waals surface area contributed by atoms with Crippen molar-refractivity contribution in [2.75, 3.05) is 18.0 Å². The summed E-state index contributed by atoms with van der Waals surface area (Å²) >= 11 is 0. The molecule has 0 aromatic heterocycles. The van der Waals surface area contributed by atoms with E-state index in [4.69, 9.17) is 0 Å². The summed E-state index contributed by atoms with van der Waals surface area (Å²) in [6.07, 6.45) is 4.17. The fourth-order valence-electron chi connectivity index (χ4n) is 3.08. The fourth-order valence-corrected chi connectivity index (χ4v) is 3.08. The molecule has 136 valence electrons. The number of nitrogens with zero attached hydrogens (tertiary/aromatic N) is 1. The topological polar surface area (TPSA) is 20.3 Å². The van der Waals surface area contributed by atoms with E-state index in [0.717, 1.165) is 24.2 Å². The smallest absolute Gasteiger partial charge is 0.193 e. The van der Waals surface area contributed by atoms with Crippen LogP contribution in [0.2, 0.25) is 0 Å². The fraction of sp³-hybridized carbons (Fsp3) is 0.160.